The number of hydrogen-bond donors (Lipinski definition) is 1. The Morgan fingerprint density at radius 3 is 2.32 bits per heavy atom. The number of benzene rings is 2. The molecule has 2 rings (SSSR count). The van der Waals surface area contributed by atoms with E-state index in [0.29, 0.717) is 11.4 Å². The van der Waals surface area contributed by atoms with Crippen molar-refractivity contribution in [3.63, 3.8) is 0 Å². The first-order chi connectivity index (χ1) is 9.03. The lowest BCUT2D eigenvalue weighted by molar-refractivity contribution is 0.595. The van der Waals surface area contributed by atoms with Gasteiger partial charge in [0.25, 0.3) is 0 Å². The van der Waals surface area contributed by atoms with Crippen LogP contribution in [0.25, 0.3) is 0 Å². The van der Waals surface area contributed by atoms with Crippen LogP contribution in [0.3, 0.4) is 0 Å². The summed E-state index contributed by atoms with van der Waals surface area (Å²) in [5, 5.41) is 0. The van der Waals surface area contributed by atoms with Crippen molar-refractivity contribution in [3.05, 3.63) is 64.1 Å². The minimum atomic E-state index is -3.35. The normalized spacial score (nSPS) is 11.5. The van der Waals surface area contributed by atoms with Gasteiger partial charge in [-0.3, -0.25) is 0 Å². The molecule has 0 bridgehead atoms. The highest BCUT2D eigenvalue weighted by molar-refractivity contribution is 9.10. The molecule has 0 unspecified atom stereocenters. The third-order valence-electron chi connectivity index (χ3n) is 2.84. The fourth-order valence-electron chi connectivity index (χ4n) is 1.85. The first-order valence-corrected chi connectivity index (χ1v) is 8.22. The number of hydrogen-bond acceptors (Lipinski definition) is 3. The maximum absolute atomic E-state index is 12.4. The van der Waals surface area contributed by atoms with Crippen LogP contribution in [0, 0.1) is 0 Å². The van der Waals surface area contributed by atoms with Gasteiger partial charge in [-0.05, 0) is 29.3 Å². The van der Waals surface area contributed by atoms with Crippen molar-refractivity contribution in [1.82, 2.24) is 0 Å². The van der Waals surface area contributed by atoms with E-state index in [-0.39, 0.29) is 5.75 Å². The highest BCUT2D eigenvalue weighted by atomic mass is 79.9. The molecular weight excluding hydrogens is 326 g/mol. The first kappa shape index (κ1) is 14.2. The third kappa shape index (κ3) is 3.43. The molecule has 19 heavy (non-hydrogen) atoms. The minimum Gasteiger partial charge on any atom is -0.326 e. The Morgan fingerprint density at radius 2 is 1.68 bits per heavy atom. The molecule has 100 valence electrons. The second kappa shape index (κ2) is 5.86. The van der Waals surface area contributed by atoms with Crippen LogP contribution in [0.5, 0.6) is 0 Å². The molecule has 0 aliphatic heterocycles. The molecular formula is C14H14BrNO2S. The van der Waals surface area contributed by atoms with Crippen LogP contribution in [0.2, 0.25) is 0 Å². The number of rotatable bonds is 4. The molecule has 0 fully saturated rings. The van der Waals surface area contributed by atoms with Crippen molar-refractivity contribution < 1.29 is 8.42 Å². The van der Waals surface area contributed by atoms with Crippen molar-refractivity contribution in [3.8, 4) is 0 Å². The van der Waals surface area contributed by atoms with Gasteiger partial charge in [-0.15, -0.1) is 0 Å². The van der Waals surface area contributed by atoms with Gasteiger partial charge in [0.1, 0.15) is 0 Å². The van der Waals surface area contributed by atoms with E-state index in [2.05, 4.69) is 15.9 Å². The van der Waals surface area contributed by atoms with Crippen molar-refractivity contribution in [2.24, 2.45) is 5.73 Å². The lowest BCUT2D eigenvalue weighted by Crippen LogP contribution is -2.09. The van der Waals surface area contributed by atoms with Gasteiger partial charge in [0.05, 0.1) is 10.6 Å². The summed E-state index contributed by atoms with van der Waals surface area (Å²) in [7, 11) is -3.35. The molecule has 0 amide bonds. The molecule has 5 heteroatoms. The molecule has 2 aromatic rings. The second-order valence-electron chi connectivity index (χ2n) is 4.19. The zero-order valence-electron chi connectivity index (χ0n) is 10.2. The van der Waals surface area contributed by atoms with Crippen molar-refractivity contribution >= 4 is 25.8 Å². The van der Waals surface area contributed by atoms with E-state index < -0.39 is 9.84 Å². The third-order valence-corrected chi connectivity index (χ3v) is 5.00. The molecule has 0 aromatic heterocycles. The molecule has 0 heterocycles. The van der Waals surface area contributed by atoms with E-state index in [9.17, 15) is 8.42 Å². The molecule has 0 atom stereocenters. The molecule has 0 spiro atoms. The van der Waals surface area contributed by atoms with Crippen LogP contribution < -0.4 is 5.73 Å². The molecule has 0 radical (unpaired) electrons. The summed E-state index contributed by atoms with van der Waals surface area (Å²) in [6.45, 7) is 0.337. The van der Waals surface area contributed by atoms with Crippen molar-refractivity contribution in [2.45, 2.75) is 17.2 Å². The lowest BCUT2D eigenvalue weighted by Gasteiger charge is -2.09. The average Bonchev–Trinajstić information content (AvgIpc) is 2.39. The zero-order chi connectivity index (χ0) is 13.9. The van der Waals surface area contributed by atoms with Crippen molar-refractivity contribution in [2.75, 3.05) is 0 Å². The maximum Gasteiger partial charge on any atom is 0.182 e. The highest BCUT2D eigenvalue weighted by Crippen LogP contribution is 2.21. The second-order valence-corrected chi connectivity index (χ2v) is 7.09. The SMILES string of the molecule is NCc1ccccc1CS(=O)(=O)c1cccc(Br)c1. The van der Waals surface area contributed by atoms with Gasteiger partial charge in [-0.2, -0.15) is 0 Å². The Morgan fingerprint density at radius 1 is 1.00 bits per heavy atom. The molecule has 2 aromatic carbocycles. The highest BCUT2D eigenvalue weighted by Gasteiger charge is 2.17. The monoisotopic (exact) mass is 339 g/mol. The van der Waals surface area contributed by atoms with Crippen LogP contribution in [0.15, 0.2) is 57.9 Å². The predicted octanol–water partition coefficient (Wildman–Crippen LogP) is 2.88. The first-order valence-electron chi connectivity index (χ1n) is 5.78. The van der Waals surface area contributed by atoms with E-state index in [4.69, 9.17) is 5.73 Å². The summed E-state index contributed by atoms with van der Waals surface area (Å²) in [6, 6.07) is 14.1. The number of halogens is 1. The molecule has 3 nitrogen and oxygen atoms in total. The molecule has 0 aliphatic carbocycles. The quantitative estimate of drug-likeness (QED) is 0.931. The van der Waals surface area contributed by atoms with Gasteiger partial charge in [-0.25, -0.2) is 8.42 Å². The van der Waals surface area contributed by atoms with Gasteiger partial charge >= 0.3 is 0 Å². The Hall–Kier alpha value is -1.17. The minimum absolute atomic E-state index is 0.0309. The topological polar surface area (TPSA) is 60.2 Å². The Kier molecular flexibility index (Phi) is 4.39. The van der Waals surface area contributed by atoms with Crippen molar-refractivity contribution in [1.29, 1.82) is 0 Å². The number of nitrogens with two attached hydrogens (primary N) is 1. The maximum atomic E-state index is 12.4. The smallest absolute Gasteiger partial charge is 0.182 e. The molecule has 2 N–H and O–H groups in total. The van der Waals surface area contributed by atoms with E-state index in [1.807, 2.05) is 18.2 Å². The van der Waals surface area contributed by atoms with Crippen LogP contribution in [-0.4, -0.2) is 8.42 Å². The van der Waals surface area contributed by atoms with E-state index >= 15 is 0 Å². The largest absolute Gasteiger partial charge is 0.326 e. The van der Waals surface area contributed by atoms with Crippen LogP contribution in [0.4, 0.5) is 0 Å². The molecule has 0 saturated heterocycles. The summed E-state index contributed by atoms with van der Waals surface area (Å²) in [4.78, 5) is 0.314. The fourth-order valence-corrected chi connectivity index (χ4v) is 3.85. The average molecular weight is 340 g/mol. The van der Waals surface area contributed by atoms with E-state index in [1.54, 1.807) is 30.3 Å². The predicted molar refractivity (Wildman–Crippen MR) is 79.4 cm³/mol. The zero-order valence-corrected chi connectivity index (χ0v) is 12.6. The molecule has 0 saturated carbocycles. The lowest BCUT2D eigenvalue weighted by atomic mass is 10.1. The van der Waals surface area contributed by atoms with Crippen LogP contribution in [-0.2, 0) is 22.1 Å². The van der Waals surface area contributed by atoms with E-state index in [0.717, 1.165) is 15.6 Å². The summed E-state index contributed by atoms with van der Waals surface area (Å²) in [6.07, 6.45) is 0. The standard InChI is InChI=1S/C14H14BrNO2S/c15-13-6-3-7-14(8-13)19(17,18)10-12-5-2-1-4-11(12)9-16/h1-8H,9-10,16H2. The van der Waals surface area contributed by atoms with Gasteiger partial charge in [0.15, 0.2) is 9.84 Å². The summed E-state index contributed by atoms with van der Waals surface area (Å²) < 4.78 is 25.5. The van der Waals surface area contributed by atoms with Gasteiger partial charge in [0, 0.05) is 11.0 Å². The summed E-state index contributed by atoms with van der Waals surface area (Å²) in [5.74, 6) is -0.0309. The van der Waals surface area contributed by atoms with Crippen LogP contribution in [0.1, 0.15) is 11.1 Å². The summed E-state index contributed by atoms with van der Waals surface area (Å²) >= 11 is 3.28. The Bertz CT molecular complexity index is 683. The van der Waals surface area contributed by atoms with Crippen LogP contribution >= 0.6 is 15.9 Å². The molecule has 0 aliphatic rings. The Labute approximate surface area is 121 Å². The number of sulfone groups is 1. The fraction of sp³-hybridized carbons (Fsp3) is 0.143. The summed E-state index contributed by atoms with van der Waals surface area (Å²) in [5.41, 5.74) is 7.25. The van der Waals surface area contributed by atoms with Gasteiger partial charge in [0.2, 0.25) is 0 Å². The van der Waals surface area contributed by atoms with Gasteiger partial charge in [-0.1, -0.05) is 46.3 Å². The van der Waals surface area contributed by atoms with E-state index in [1.165, 1.54) is 0 Å². The Balaban J connectivity index is 2.37. The van der Waals surface area contributed by atoms with Gasteiger partial charge < -0.3 is 5.73 Å².